The summed E-state index contributed by atoms with van der Waals surface area (Å²) in [5, 5.41) is 1.39. The summed E-state index contributed by atoms with van der Waals surface area (Å²) < 4.78 is 11.5. The van der Waals surface area contributed by atoms with E-state index < -0.39 is 5.79 Å². The minimum Gasteiger partial charge on any atom is -0.343 e. The lowest BCUT2D eigenvalue weighted by molar-refractivity contribution is -0.170. The molecule has 1 aromatic rings. The second-order valence-corrected chi connectivity index (χ2v) is 5.11. The zero-order valence-electron chi connectivity index (χ0n) is 9.43. The van der Waals surface area contributed by atoms with Crippen molar-refractivity contribution in [2.24, 2.45) is 0 Å². The maximum atomic E-state index is 6.23. The molecule has 0 unspecified atom stereocenters. The van der Waals surface area contributed by atoms with Crippen LogP contribution in [0.3, 0.4) is 0 Å². The van der Waals surface area contributed by atoms with Gasteiger partial charge in [0.05, 0.1) is 28.3 Å². The highest BCUT2D eigenvalue weighted by molar-refractivity contribution is 6.44. The highest BCUT2D eigenvalue weighted by Crippen LogP contribution is 2.45. The Kier molecular flexibility index (Phi) is 4.22. The zero-order valence-corrected chi connectivity index (χ0v) is 11.7. The highest BCUT2D eigenvalue weighted by atomic mass is 35.5. The van der Waals surface area contributed by atoms with E-state index in [4.69, 9.17) is 44.3 Å². The molecule has 0 N–H and O–H groups in total. The van der Waals surface area contributed by atoms with Gasteiger partial charge in [-0.2, -0.15) is 0 Å². The topological polar surface area (TPSA) is 18.5 Å². The van der Waals surface area contributed by atoms with Crippen molar-refractivity contribution in [2.75, 3.05) is 13.2 Å². The molecule has 1 fully saturated rings. The van der Waals surface area contributed by atoms with Gasteiger partial charge >= 0.3 is 0 Å². The molecule has 0 bridgehead atoms. The fourth-order valence-electron chi connectivity index (χ4n) is 2.07. The van der Waals surface area contributed by atoms with Crippen molar-refractivity contribution in [3.8, 4) is 0 Å². The molecule has 5 heteroatoms. The van der Waals surface area contributed by atoms with E-state index in [0.717, 1.165) is 6.42 Å². The first kappa shape index (κ1) is 13.4. The summed E-state index contributed by atoms with van der Waals surface area (Å²) in [6.07, 6.45) is 1.60. The molecule has 2 nitrogen and oxygen atoms in total. The predicted octanol–water partition coefficient (Wildman–Crippen LogP) is 4.65. The minimum atomic E-state index is -0.839. The van der Waals surface area contributed by atoms with Crippen LogP contribution in [0.4, 0.5) is 0 Å². The Morgan fingerprint density at radius 2 is 1.71 bits per heavy atom. The number of halogens is 3. The van der Waals surface area contributed by atoms with Gasteiger partial charge in [0, 0.05) is 12.0 Å². The summed E-state index contributed by atoms with van der Waals surface area (Å²) in [4.78, 5) is 0. The SMILES string of the molecule is CCCC1(c2c(Cl)ccc(Cl)c2Cl)OCCO1. The quantitative estimate of drug-likeness (QED) is 0.756. The Morgan fingerprint density at radius 1 is 1.12 bits per heavy atom. The summed E-state index contributed by atoms with van der Waals surface area (Å²) >= 11 is 18.5. The third-order valence-corrected chi connectivity index (χ3v) is 3.88. The van der Waals surface area contributed by atoms with Gasteiger partial charge in [-0.25, -0.2) is 0 Å². The molecule has 0 aliphatic carbocycles. The van der Waals surface area contributed by atoms with Crippen LogP contribution in [0.15, 0.2) is 12.1 Å². The molecular weight excluding hydrogens is 282 g/mol. The first-order valence-electron chi connectivity index (χ1n) is 5.52. The van der Waals surface area contributed by atoms with Crippen LogP contribution in [0.2, 0.25) is 15.1 Å². The molecule has 0 saturated carbocycles. The van der Waals surface area contributed by atoms with Gasteiger partial charge in [-0.05, 0) is 12.1 Å². The number of ether oxygens (including phenoxy) is 2. The lowest BCUT2D eigenvalue weighted by Gasteiger charge is -2.29. The van der Waals surface area contributed by atoms with Crippen LogP contribution < -0.4 is 0 Å². The second-order valence-electron chi connectivity index (χ2n) is 3.92. The molecule has 94 valence electrons. The zero-order chi connectivity index (χ0) is 12.5. The Balaban J connectivity index is 2.53. The number of hydrogen-bond acceptors (Lipinski definition) is 2. The molecule has 17 heavy (non-hydrogen) atoms. The Hall–Kier alpha value is 0.01000. The lowest BCUT2D eigenvalue weighted by Crippen LogP contribution is -2.28. The molecular formula is C12H13Cl3O2. The molecule has 0 atom stereocenters. The van der Waals surface area contributed by atoms with Crippen LogP contribution in [0, 0.1) is 0 Å². The monoisotopic (exact) mass is 294 g/mol. The van der Waals surface area contributed by atoms with Crippen molar-refractivity contribution in [3.05, 3.63) is 32.8 Å². The first-order valence-corrected chi connectivity index (χ1v) is 6.66. The van der Waals surface area contributed by atoms with Gasteiger partial charge in [-0.1, -0.05) is 48.1 Å². The summed E-state index contributed by atoms with van der Waals surface area (Å²) in [5.41, 5.74) is 0.646. The highest BCUT2D eigenvalue weighted by Gasteiger charge is 2.41. The van der Waals surface area contributed by atoms with Crippen LogP contribution in [0.1, 0.15) is 25.3 Å². The van der Waals surface area contributed by atoms with E-state index in [9.17, 15) is 0 Å². The van der Waals surface area contributed by atoms with Gasteiger partial charge in [0.25, 0.3) is 0 Å². The van der Waals surface area contributed by atoms with Gasteiger partial charge in [0.15, 0.2) is 5.79 Å². The molecule has 0 radical (unpaired) electrons. The standard InChI is InChI=1S/C12H13Cl3O2/c1-2-5-12(16-6-7-17-12)10-8(13)3-4-9(14)11(10)15/h3-4H,2,5-7H2,1H3. The van der Waals surface area contributed by atoms with Crippen molar-refractivity contribution in [2.45, 2.75) is 25.6 Å². The van der Waals surface area contributed by atoms with Gasteiger partial charge in [-0.3, -0.25) is 0 Å². The number of benzene rings is 1. The van der Waals surface area contributed by atoms with Crippen LogP contribution in [0.5, 0.6) is 0 Å². The molecule has 0 amide bonds. The van der Waals surface area contributed by atoms with Gasteiger partial charge < -0.3 is 9.47 Å². The molecule has 2 rings (SSSR count). The molecule has 1 heterocycles. The average Bonchev–Trinajstić information content (AvgIpc) is 2.74. The molecule has 1 aromatic carbocycles. The van der Waals surface area contributed by atoms with Crippen LogP contribution in [-0.4, -0.2) is 13.2 Å². The van der Waals surface area contributed by atoms with E-state index >= 15 is 0 Å². The van der Waals surface area contributed by atoms with Crippen molar-refractivity contribution in [1.82, 2.24) is 0 Å². The van der Waals surface area contributed by atoms with Crippen molar-refractivity contribution < 1.29 is 9.47 Å². The Bertz CT molecular complexity index is 414. The summed E-state index contributed by atoms with van der Waals surface area (Å²) in [7, 11) is 0. The van der Waals surface area contributed by atoms with Crippen molar-refractivity contribution in [1.29, 1.82) is 0 Å². The van der Waals surface area contributed by atoms with E-state index in [-0.39, 0.29) is 0 Å². The van der Waals surface area contributed by atoms with E-state index in [0.29, 0.717) is 40.3 Å². The summed E-state index contributed by atoms with van der Waals surface area (Å²) in [6.45, 7) is 3.14. The van der Waals surface area contributed by atoms with Crippen molar-refractivity contribution >= 4 is 34.8 Å². The molecule has 0 aromatic heterocycles. The normalized spacial score (nSPS) is 18.6. The smallest absolute Gasteiger partial charge is 0.197 e. The van der Waals surface area contributed by atoms with Gasteiger partial charge in [0.1, 0.15) is 0 Å². The first-order chi connectivity index (χ1) is 8.10. The second kappa shape index (κ2) is 5.33. The van der Waals surface area contributed by atoms with E-state index in [1.54, 1.807) is 12.1 Å². The third-order valence-electron chi connectivity index (χ3n) is 2.76. The maximum Gasteiger partial charge on any atom is 0.197 e. The van der Waals surface area contributed by atoms with Crippen LogP contribution in [-0.2, 0) is 15.3 Å². The molecule has 1 saturated heterocycles. The number of rotatable bonds is 3. The predicted molar refractivity (Wildman–Crippen MR) is 70.0 cm³/mol. The Morgan fingerprint density at radius 3 is 2.29 bits per heavy atom. The van der Waals surface area contributed by atoms with E-state index in [2.05, 4.69) is 6.92 Å². The lowest BCUT2D eigenvalue weighted by atomic mass is 10.0. The molecule has 1 aliphatic rings. The van der Waals surface area contributed by atoms with Gasteiger partial charge in [-0.15, -0.1) is 0 Å². The average molecular weight is 296 g/mol. The molecule has 1 aliphatic heterocycles. The summed E-state index contributed by atoms with van der Waals surface area (Å²) in [5.74, 6) is -0.839. The fraction of sp³-hybridized carbons (Fsp3) is 0.500. The molecule has 0 spiro atoms. The van der Waals surface area contributed by atoms with Gasteiger partial charge in [0.2, 0.25) is 0 Å². The summed E-state index contributed by atoms with van der Waals surface area (Å²) in [6, 6.07) is 3.39. The maximum absolute atomic E-state index is 6.23. The van der Waals surface area contributed by atoms with Crippen molar-refractivity contribution in [3.63, 3.8) is 0 Å². The largest absolute Gasteiger partial charge is 0.343 e. The Labute approximate surface area is 116 Å². The number of hydrogen-bond donors (Lipinski definition) is 0. The van der Waals surface area contributed by atoms with E-state index in [1.165, 1.54) is 0 Å². The fourth-order valence-corrected chi connectivity index (χ4v) is 2.89. The third kappa shape index (κ3) is 2.42. The van der Waals surface area contributed by atoms with E-state index in [1.807, 2.05) is 0 Å². The minimum absolute atomic E-state index is 0.412. The van der Waals surface area contributed by atoms with Crippen LogP contribution in [0.25, 0.3) is 0 Å². The van der Waals surface area contributed by atoms with Crippen LogP contribution >= 0.6 is 34.8 Å².